The summed E-state index contributed by atoms with van der Waals surface area (Å²) in [6.07, 6.45) is -2.68. The van der Waals surface area contributed by atoms with Crippen LogP contribution in [0.1, 0.15) is 78.1 Å². The normalized spacial score (nSPS) is 13.9. The second-order valence-corrected chi connectivity index (χ2v) is 12.7. The zero-order chi connectivity index (χ0) is 34.6. The largest absolute Gasteiger partial charge is 0.435 e. The van der Waals surface area contributed by atoms with Crippen LogP contribution in [-0.4, -0.2) is 28.2 Å². The number of hydrogen-bond acceptors (Lipinski definition) is 7. The van der Waals surface area contributed by atoms with Gasteiger partial charge in [-0.25, -0.2) is 13.9 Å². The number of nitrogens with one attached hydrogen (secondary N) is 3. The van der Waals surface area contributed by atoms with E-state index in [-0.39, 0.29) is 17.9 Å². The molecule has 5 rings (SSSR count). The monoisotopic (exact) mass is 662 g/mol. The quantitative estimate of drug-likeness (QED) is 0.119. The third kappa shape index (κ3) is 8.44. The van der Waals surface area contributed by atoms with E-state index in [0.717, 1.165) is 23.1 Å². The van der Waals surface area contributed by atoms with Crippen LogP contribution in [0.15, 0.2) is 72.8 Å². The van der Waals surface area contributed by atoms with Gasteiger partial charge < -0.3 is 15.5 Å². The summed E-state index contributed by atoms with van der Waals surface area (Å²) >= 11 is 0. The van der Waals surface area contributed by atoms with Gasteiger partial charge in [-0.05, 0) is 99.2 Å². The second-order valence-electron chi connectivity index (χ2n) is 12.7. The van der Waals surface area contributed by atoms with Crippen molar-refractivity contribution in [3.63, 3.8) is 0 Å². The van der Waals surface area contributed by atoms with Crippen LogP contribution >= 0.6 is 0 Å². The topological polar surface area (TPSA) is 121 Å². The molecule has 1 atom stereocenters. The number of halogens is 4. The van der Waals surface area contributed by atoms with E-state index < -0.39 is 46.7 Å². The molecule has 250 valence electrons. The predicted molar refractivity (Wildman–Crippen MR) is 169 cm³/mol. The number of hydrogen-bond donors (Lipinski definition) is 3. The van der Waals surface area contributed by atoms with Crippen LogP contribution in [0, 0.1) is 28.5 Å². The number of anilines is 1. The lowest BCUT2D eigenvalue weighted by Gasteiger charge is -2.21. The van der Waals surface area contributed by atoms with Crippen molar-refractivity contribution >= 4 is 17.6 Å². The summed E-state index contributed by atoms with van der Waals surface area (Å²) in [7, 11) is 0. The Bertz CT molecular complexity index is 1840. The predicted octanol–water partition coefficient (Wildman–Crippen LogP) is 6.84. The molecule has 0 radical (unpaired) electrons. The summed E-state index contributed by atoms with van der Waals surface area (Å²) in [6.45, 7) is 5.78. The summed E-state index contributed by atoms with van der Waals surface area (Å²) in [6, 6.07) is 19.5. The SMILES string of the molecule is CC(C)(C)C(=O)ONCc1cccc(-n2nc(C(F)(F)F)cc2C(=O)Nc2cc(C(NCC3CC3)c3ccc(C#N)cc3)ccc2F)c1. The van der Waals surface area contributed by atoms with Crippen LogP contribution in [0.5, 0.6) is 0 Å². The standard InChI is InChI=1S/C35H34F4N6O3/c1-34(2,3)33(47)48-42-20-23-5-4-6-26(15-23)45-29(17-30(44-45)35(37,38)39)32(46)43-28-16-25(13-14-27(28)36)31(41-19-22-7-8-22)24-11-9-21(18-40)10-12-24/h4-6,9-17,22,31,41-42H,7-8,19-20H2,1-3H3,(H,43,46). The van der Waals surface area contributed by atoms with Crippen molar-refractivity contribution in [2.45, 2.75) is 52.4 Å². The number of carbonyl (C=O) groups is 2. The maximum absolute atomic E-state index is 15.1. The lowest BCUT2D eigenvalue weighted by molar-refractivity contribution is -0.161. The molecule has 3 N–H and O–H groups in total. The van der Waals surface area contributed by atoms with Crippen molar-refractivity contribution in [2.75, 3.05) is 11.9 Å². The Kier molecular flexibility index (Phi) is 9.98. The van der Waals surface area contributed by atoms with Gasteiger partial charge >= 0.3 is 12.1 Å². The highest BCUT2D eigenvalue weighted by Crippen LogP contribution is 2.33. The second kappa shape index (κ2) is 14.0. The van der Waals surface area contributed by atoms with E-state index in [1.165, 1.54) is 24.3 Å². The highest BCUT2D eigenvalue weighted by atomic mass is 19.4. The van der Waals surface area contributed by atoms with Crippen molar-refractivity contribution in [1.82, 2.24) is 20.6 Å². The first-order valence-corrected chi connectivity index (χ1v) is 15.3. The minimum Gasteiger partial charge on any atom is -0.370 e. The minimum absolute atomic E-state index is 0.0256. The van der Waals surface area contributed by atoms with E-state index >= 15 is 4.39 Å². The van der Waals surface area contributed by atoms with E-state index in [4.69, 9.17) is 4.84 Å². The van der Waals surface area contributed by atoms with Gasteiger partial charge in [0.05, 0.1) is 41.0 Å². The maximum Gasteiger partial charge on any atom is 0.435 e. The first kappa shape index (κ1) is 34.3. The first-order chi connectivity index (χ1) is 22.7. The number of nitrogens with zero attached hydrogens (tertiary/aromatic N) is 3. The first-order valence-electron chi connectivity index (χ1n) is 15.3. The van der Waals surface area contributed by atoms with Gasteiger partial charge in [0.15, 0.2) is 5.69 Å². The molecule has 1 fully saturated rings. The fourth-order valence-corrected chi connectivity index (χ4v) is 4.80. The molecule has 1 saturated carbocycles. The average molecular weight is 663 g/mol. The van der Waals surface area contributed by atoms with Crippen LogP contribution in [-0.2, 0) is 22.4 Å². The van der Waals surface area contributed by atoms with Gasteiger partial charge in [0.2, 0.25) is 0 Å². The molecule has 0 saturated heterocycles. The third-order valence-electron chi connectivity index (χ3n) is 7.69. The number of hydroxylamine groups is 1. The lowest BCUT2D eigenvalue weighted by Crippen LogP contribution is -2.29. The molecule has 4 aromatic rings. The summed E-state index contributed by atoms with van der Waals surface area (Å²) in [5.74, 6) is -1.79. The molecule has 3 aromatic carbocycles. The summed E-state index contributed by atoms with van der Waals surface area (Å²) < 4.78 is 57.4. The fourth-order valence-electron chi connectivity index (χ4n) is 4.80. The molecule has 1 unspecified atom stereocenters. The number of nitriles is 1. The van der Waals surface area contributed by atoms with Crippen molar-refractivity contribution in [2.24, 2.45) is 11.3 Å². The Hall–Kier alpha value is -5.06. The number of alkyl halides is 3. The Morgan fingerprint density at radius 2 is 1.73 bits per heavy atom. The van der Waals surface area contributed by atoms with E-state index in [0.29, 0.717) is 35.2 Å². The lowest BCUT2D eigenvalue weighted by atomic mass is 9.97. The Morgan fingerprint density at radius 1 is 1.02 bits per heavy atom. The summed E-state index contributed by atoms with van der Waals surface area (Å²) in [5.41, 5.74) is 2.31. The fraction of sp³-hybridized carbons (Fsp3) is 0.314. The highest BCUT2D eigenvalue weighted by molar-refractivity contribution is 6.03. The molecule has 9 nitrogen and oxygen atoms in total. The van der Waals surface area contributed by atoms with Crippen LogP contribution in [0.3, 0.4) is 0 Å². The van der Waals surface area contributed by atoms with E-state index in [1.807, 2.05) is 0 Å². The molecule has 13 heteroatoms. The number of aromatic nitrogens is 2. The van der Waals surface area contributed by atoms with Gasteiger partial charge in [-0.3, -0.25) is 4.79 Å². The van der Waals surface area contributed by atoms with E-state index in [9.17, 15) is 28.0 Å². The van der Waals surface area contributed by atoms with Crippen LogP contribution in [0.25, 0.3) is 5.69 Å². The number of rotatable bonds is 11. The smallest absolute Gasteiger partial charge is 0.370 e. The van der Waals surface area contributed by atoms with Crippen LogP contribution in [0.4, 0.5) is 23.2 Å². The number of benzene rings is 3. The van der Waals surface area contributed by atoms with Crippen molar-refractivity contribution in [3.05, 3.63) is 112 Å². The van der Waals surface area contributed by atoms with Gasteiger partial charge in [-0.1, -0.05) is 30.3 Å². The zero-order valence-electron chi connectivity index (χ0n) is 26.5. The van der Waals surface area contributed by atoms with E-state index in [2.05, 4.69) is 27.3 Å². The average Bonchev–Trinajstić information content (AvgIpc) is 3.75. The Balaban J connectivity index is 1.42. The molecule has 1 aliphatic rings. The molecule has 0 aliphatic heterocycles. The zero-order valence-corrected chi connectivity index (χ0v) is 26.5. The van der Waals surface area contributed by atoms with Gasteiger partial charge in [-0.15, -0.1) is 5.48 Å². The molecule has 0 bridgehead atoms. The molecule has 1 aromatic heterocycles. The molecule has 1 heterocycles. The van der Waals surface area contributed by atoms with Crippen LogP contribution in [0.2, 0.25) is 0 Å². The van der Waals surface area contributed by atoms with Gasteiger partial charge in [-0.2, -0.15) is 23.5 Å². The minimum atomic E-state index is -4.87. The van der Waals surface area contributed by atoms with Gasteiger partial charge in [0, 0.05) is 6.07 Å². The Morgan fingerprint density at radius 3 is 2.38 bits per heavy atom. The summed E-state index contributed by atoms with van der Waals surface area (Å²) in [4.78, 5) is 30.7. The van der Waals surface area contributed by atoms with Crippen LogP contribution < -0.4 is 16.1 Å². The number of carbonyl (C=O) groups excluding carboxylic acids is 2. The molecular formula is C35H34F4N6O3. The highest BCUT2D eigenvalue weighted by Gasteiger charge is 2.36. The van der Waals surface area contributed by atoms with Gasteiger partial charge in [0.25, 0.3) is 5.91 Å². The molecule has 0 spiro atoms. The van der Waals surface area contributed by atoms with Crippen molar-refractivity contribution in [3.8, 4) is 11.8 Å². The molecule has 48 heavy (non-hydrogen) atoms. The van der Waals surface area contributed by atoms with Gasteiger partial charge in [0.1, 0.15) is 11.5 Å². The van der Waals surface area contributed by atoms with Crippen molar-refractivity contribution < 1.29 is 32.0 Å². The summed E-state index contributed by atoms with van der Waals surface area (Å²) in [5, 5.41) is 18.8. The van der Waals surface area contributed by atoms with Crippen molar-refractivity contribution in [1.29, 1.82) is 5.26 Å². The molecule has 1 aliphatic carbocycles. The Labute approximate surface area is 274 Å². The molecule has 1 amide bonds. The van der Waals surface area contributed by atoms with E-state index in [1.54, 1.807) is 63.2 Å². The molecular weight excluding hydrogens is 628 g/mol. The third-order valence-corrected chi connectivity index (χ3v) is 7.69. The number of amides is 1. The maximum atomic E-state index is 15.1.